The molecule has 0 bridgehead atoms. The van der Waals surface area contributed by atoms with E-state index < -0.39 is 16.6 Å². The van der Waals surface area contributed by atoms with E-state index in [1.54, 1.807) is 0 Å². The molecule has 0 saturated heterocycles. The summed E-state index contributed by atoms with van der Waals surface area (Å²) in [6.07, 6.45) is 0.947. The van der Waals surface area contributed by atoms with Gasteiger partial charge in [0.05, 0.1) is 4.92 Å². The van der Waals surface area contributed by atoms with E-state index in [2.05, 4.69) is 4.98 Å². The van der Waals surface area contributed by atoms with Crippen LogP contribution in [0.3, 0.4) is 0 Å². The number of aromatic nitrogens is 1. The van der Waals surface area contributed by atoms with Gasteiger partial charge in [-0.05, 0) is 6.07 Å². The van der Waals surface area contributed by atoms with E-state index in [9.17, 15) is 18.9 Å². The maximum absolute atomic E-state index is 13.6. The van der Waals surface area contributed by atoms with Gasteiger partial charge in [-0.3, -0.25) is 10.1 Å². The predicted octanol–water partition coefficient (Wildman–Crippen LogP) is 3.59. The number of hydrogen-bond acceptors (Lipinski definition) is 3. The summed E-state index contributed by atoms with van der Waals surface area (Å²) in [5, 5.41) is 10.5. The number of rotatable bonds is 2. The lowest BCUT2D eigenvalue weighted by Gasteiger charge is -2.05. The van der Waals surface area contributed by atoms with E-state index in [1.165, 1.54) is 12.1 Å². The summed E-state index contributed by atoms with van der Waals surface area (Å²) < 4.78 is 26.7. The van der Waals surface area contributed by atoms with Gasteiger partial charge >= 0.3 is 0 Å². The third-order valence-corrected chi connectivity index (χ3v) is 2.58. The Labute approximate surface area is 105 Å². The highest BCUT2D eigenvalue weighted by molar-refractivity contribution is 6.32. The van der Waals surface area contributed by atoms with Gasteiger partial charge in [-0.25, -0.2) is 13.8 Å². The maximum atomic E-state index is 13.6. The van der Waals surface area contributed by atoms with Crippen LogP contribution in [0, 0.1) is 21.7 Å². The first-order valence-electron chi connectivity index (χ1n) is 4.75. The van der Waals surface area contributed by atoms with Crippen LogP contribution in [0.4, 0.5) is 14.5 Å². The molecule has 0 N–H and O–H groups in total. The fraction of sp³-hybridized carbons (Fsp3) is 0. The molecule has 1 heterocycles. The molecule has 0 fully saturated rings. The van der Waals surface area contributed by atoms with Crippen molar-refractivity contribution in [3.05, 3.63) is 57.4 Å². The van der Waals surface area contributed by atoms with Crippen molar-refractivity contribution in [3.8, 4) is 11.1 Å². The molecule has 18 heavy (non-hydrogen) atoms. The Morgan fingerprint density at radius 3 is 2.67 bits per heavy atom. The molecule has 0 unspecified atom stereocenters. The van der Waals surface area contributed by atoms with Crippen LogP contribution in [0.25, 0.3) is 11.1 Å². The summed E-state index contributed by atoms with van der Waals surface area (Å²) in [5.74, 6) is -2.18. The fourth-order valence-corrected chi connectivity index (χ4v) is 1.64. The van der Waals surface area contributed by atoms with Crippen LogP contribution < -0.4 is 0 Å². The maximum Gasteiger partial charge on any atom is 0.288 e. The van der Waals surface area contributed by atoms with Gasteiger partial charge in [0.25, 0.3) is 5.69 Å². The molecule has 7 heteroatoms. The van der Waals surface area contributed by atoms with Gasteiger partial charge in [-0.2, -0.15) is 0 Å². The monoisotopic (exact) mass is 270 g/mol. The average Bonchev–Trinajstić information content (AvgIpc) is 2.33. The highest BCUT2D eigenvalue weighted by Crippen LogP contribution is 2.31. The Balaban J connectivity index is 2.66. The smallest absolute Gasteiger partial charge is 0.258 e. The lowest BCUT2D eigenvalue weighted by Crippen LogP contribution is -1.94. The molecule has 0 spiro atoms. The summed E-state index contributed by atoms with van der Waals surface area (Å²) in [6, 6.07) is 4.54. The molecule has 1 aromatic carbocycles. The molecule has 0 radical (unpaired) electrons. The summed E-state index contributed by atoms with van der Waals surface area (Å²) in [4.78, 5) is 13.5. The normalized spacial score (nSPS) is 10.4. The van der Waals surface area contributed by atoms with Crippen molar-refractivity contribution < 1.29 is 13.7 Å². The first kappa shape index (κ1) is 12.4. The molecule has 2 aromatic rings. The van der Waals surface area contributed by atoms with Gasteiger partial charge in [0.2, 0.25) is 0 Å². The third-order valence-electron chi connectivity index (χ3n) is 2.28. The van der Waals surface area contributed by atoms with Crippen molar-refractivity contribution in [2.24, 2.45) is 0 Å². The van der Waals surface area contributed by atoms with E-state index in [0.717, 1.165) is 18.3 Å². The van der Waals surface area contributed by atoms with Crippen LogP contribution in [0.2, 0.25) is 5.15 Å². The quantitative estimate of drug-likeness (QED) is 0.476. The van der Waals surface area contributed by atoms with Gasteiger partial charge < -0.3 is 0 Å². The van der Waals surface area contributed by atoms with Crippen LogP contribution in [0.5, 0.6) is 0 Å². The first-order valence-corrected chi connectivity index (χ1v) is 5.13. The Hall–Kier alpha value is -2.08. The van der Waals surface area contributed by atoms with Crippen LogP contribution in [-0.4, -0.2) is 9.91 Å². The number of benzene rings is 1. The lowest BCUT2D eigenvalue weighted by molar-refractivity contribution is -0.385. The van der Waals surface area contributed by atoms with Gasteiger partial charge in [-0.1, -0.05) is 23.7 Å². The molecule has 1 aromatic heterocycles. The van der Waals surface area contributed by atoms with Crippen LogP contribution >= 0.6 is 11.6 Å². The third kappa shape index (κ3) is 2.14. The molecule has 4 nitrogen and oxygen atoms in total. The molecule has 0 amide bonds. The van der Waals surface area contributed by atoms with Crippen LogP contribution in [0.15, 0.2) is 30.5 Å². The Morgan fingerprint density at radius 1 is 1.28 bits per heavy atom. The molecule has 2 rings (SSSR count). The van der Waals surface area contributed by atoms with Gasteiger partial charge in [0.1, 0.15) is 11.3 Å². The predicted molar refractivity (Wildman–Crippen MR) is 61.3 cm³/mol. The number of hydrogen-bond donors (Lipinski definition) is 0. The Morgan fingerprint density at radius 2 is 2.00 bits per heavy atom. The second kappa shape index (κ2) is 4.66. The van der Waals surface area contributed by atoms with E-state index in [1.807, 2.05) is 0 Å². The summed E-state index contributed by atoms with van der Waals surface area (Å²) in [5.41, 5.74) is -0.544. The SMILES string of the molecule is O=[N+]([O-])c1cnc(Cl)c(-c2cccc(F)c2F)c1. The first-order chi connectivity index (χ1) is 8.50. The van der Waals surface area contributed by atoms with Crippen LogP contribution in [0.1, 0.15) is 0 Å². The summed E-state index contributed by atoms with van der Waals surface area (Å²) >= 11 is 5.74. The zero-order valence-electron chi connectivity index (χ0n) is 8.73. The lowest BCUT2D eigenvalue weighted by atomic mass is 10.1. The van der Waals surface area contributed by atoms with Gasteiger partial charge in [-0.15, -0.1) is 0 Å². The molecule has 0 aliphatic rings. The van der Waals surface area contributed by atoms with Crippen molar-refractivity contribution in [2.45, 2.75) is 0 Å². The molecule has 92 valence electrons. The molecule has 0 saturated carbocycles. The zero-order valence-corrected chi connectivity index (χ0v) is 9.49. The molecule has 0 aliphatic heterocycles. The topological polar surface area (TPSA) is 56.0 Å². The van der Waals surface area contributed by atoms with Gasteiger partial charge in [0, 0.05) is 17.2 Å². The molecular formula is C11H5ClF2N2O2. The van der Waals surface area contributed by atoms with Crippen LogP contribution in [-0.2, 0) is 0 Å². The van der Waals surface area contributed by atoms with Gasteiger partial charge in [0.15, 0.2) is 11.6 Å². The molecule has 0 aliphatic carbocycles. The van der Waals surface area contributed by atoms with E-state index in [-0.39, 0.29) is 22.0 Å². The highest BCUT2D eigenvalue weighted by atomic mass is 35.5. The van der Waals surface area contributed by atoms with E-state index >= 15 is 0 Å². The number of nitrogens with zero attached hydrogens (tertiary/aromatic N) is 2. The fourth-order valence-electron chi connectivity index (χ4n) is 1.44. The number of halogens is 3. The van der Waals surface area contributed by atoms with Crippen molar-refractivity contribution in [3.63, 3.8) is 0 Å². The minimum Gasteiger partial charge on any atom is -0.258 e. The minimum absolute atomic E-state index is 0.0251. The second-order valence-corrected chi connectivity index (χ2v) is 3.75. The number of nitro groups is 1. The standard InChI is InChI=1S/C11H5ClF2N2O2/c12-11-8(4-6(5-15-11)16(17)18)7-2-1-3-9(13)10(7)14/h1-5H. The summed E-state index contributed by atoms with van der Waals surface area (Å²) in [6.45, 7) is 0. The number of pyridine rings is 1. The summed E-state index contributed by atoms with van der Waals surface area (Å²) in [7, 11) is 0. The second-order valence-electron chi connectivity index (χ2n) is 3.39. The minimum atomic E-state index is -1.12. The molecule has 0 atom stereocenters. The zero-order chi connectivity index (χ0) is 13.3. The van der Waals surface area contributed by atoms with Crippen molar-refractivity contribution in [1.82, 2.24) is 4.98 Å². The Kier molecular flexibility index (Phi) is 3.20. The van der Waals surface area contributed by atoms with Crippen molar-refractivity contribution in [1.29, 1.82) is 0 Å². The average molecular weight is 271 g/mol. The van der Waals surface area contributed by atoms with E-state index in [0.29, 0.717) is 0 Å². The highest BCUT2D eigenvalue weighted by Gasteiger charge is 2.17. The molecular weight excluding hydrogens is 266 g/mol. The van der Waals surface area contributed by atoms with E-state index in [4.69, 9.17) is 11.6 Å². The van der Waals surface area contributed by atoms with Crippen molar-refractivity contribution in [2.75, 3.05) is 0 Å². The largest absolute Gasteiger partial charge is 0.288 e. The Bertz CT molecular complexity index is 634. The van der Waals surface area contributed by atoms with Crippen molar-refractivity contribution >= 4 is 17.3 Å².